The maximum Gasteiger partial charge on any atom is 0.331 e. The van der Waals surface area contributed by atoms with Gasteiger partial charge in [0.25, 0.3) is 0 Å². The fraction of sp³-hybridized carbons (Fsp3) is 0.450. The first-order valence-corrected chi connectivity index (χ1v) is 8.57. The van der Waals surface area contributed by atoms with Gasteiger partial charge in [-0.15, -0.1) is 0 Å². The smallest absolute Gasteiger partial charge is 0.331 e. The summed E-state index contributed by atoms with van der Waals surface area (Å²) in [6.45, 7) is 4.97. The van der Waals surface area contributed by atoms with E-state index in [4.69, 9.17) is 9.47 Å². The van der Waals surface area contributed by atoms with Crippen LogP contribution in [-0.4, -0.2) is 37.7 Å². The molecule has 3 unspecified atom stereocenters. The summed E-state index contributed by atoms with van der Waals surface area (Å²) in [6, 6.07) is 9.37. The minimum atomic E-state index is -0.645. The number of methoxy groups -OCH3 is 1. The van der Waals surface area contributed by atoms with Gasteiger partial charge in [0.15, 0.2) is 0 Å². The third-order valence-corrected chi connectivity index (χ3v) is 4.06. The Balaban J connectivity index is 2.49. The van der Waals surface area contributed by atoms with Crippen LogP contribution in [0.1, 0.15) is 32.8 Å². The quantitative estimate of drug-likeness (QED) is 0.382. The van der Waals surface area contributed by atoms with E-state index in [2.05, 4.69) is 4.74 Å². The van der Waals surface area contributed by atoms with E-state index < -0.39 is 35.8 Å². The van der Waals surface area contributed by atoms with Crippen molar-refractivity contribution < 1.29 is 28.6 Å². The van der Waals surface area contributed by atoms with E-state index in [0.717, 1.165) is 5.56 Å². The van der Waals surface area contributed by atoms with E-state index in [0.29, 0.717) is 6.42 Å². The molecule has 0 aromatic heterocycles. The van der Waals surface area contributed by atoms with Crippen LogP contribution in [0.4, 0.5) is 0 Å². The van der Waals surface area contributed by atoms with Gasteiger partial charge >= 0.3 is 17.9 Å². The van der Waals surface area contributed by atoms with Crippen molar-refractivity contribution in [2.75, 3.05) is 13.7 Å². The first-order chi connectivity index (χ1) is 12.4. The molecule has 142 valence electrons. The molecular formula is C20H26O6. The zero-order chi connectivity index (χ0) is 19.5. The summed E-state index contributed by atoms with van der Waals surface area (Å²) in [5.74, 6) is -2.76. The van der Waals surface area contributed by atoms with E-state index in [1.54, 1.807) is 19.9 Å². The van der Waals surface area contributed by atoms with Crippen molar-refractivity contribution in [2.24, 2.45) is 11.8 Å². The summed E-state index contributed by atoms with van der Waals surface area (Å²) >= 11 is 0. The number of hydrogen-bond donors (Lipinski definition) is 0. The van der Waals surface area contributed by atoms with Gasteiger partial charge in [0, 0.05) is 6.08 Å². The van der Waals surface area contributed by atoms with Crippen molar-refractivity contribution in [3.8, 4) is 0 Å². The minimum Gasteiger partial charge on any atom is -0.469 e. The molecule has 0 saturated heterocycles. The molecule has 0 amide bonds. The van der Waals surface area contributed by atoms with Gasteiger partial charge in [-0.3, -0.25) is 9.59 Å². The van der Waals surface area contributed by atoms with Crippen molar-refractivity contribution in [1.29, 1.82) is 0 Å². The fourth-order valence-electron chi connectivity index (χ4n) is 2.07. The van der Waals surface area contributed by atoms with Crippen molar-refractivity contribution in [3.63, 3.8) is 0 Å². The van der Waals surface area contributed by atoms with E-state index in [1.807, 2.05) is 37.3 Å². The average Bonchev–Trinajstić information content (AvgIpc) is 2.68. The van der Waals surface area contributed by atoms with Gasteiger partial charge in [-0.25, -0.2) is 4.79 Å². The molecule has 0 N–H and O–H groups in total. The van der Waals surface area contributed by atoms with Crippen LogP contribution < -0.4 is 0 Å². The molecule has 1 aromatic rings. The molecule has 0 aliphatic carbocycles. The fourth-order valence-corrected chi connectivity index (χ4v) is 2.07. The van der Waals surface area contributed by atoms with Crippen LogP contribution in [0.5, 0.6) is 0 Å². The molecule has 0 spiro atoms. The number of ether oxygens (including phenoxy) is 3. The van der Waals surface area contributed by atoms with Crippen LogP contribution in [0.3, 0.4) is 0 Å². The highest BCUT2D eigenvalue weighted by Crippen LogP contribution is 2.15. The molecule has 0 bridgehead atoms. The lowest BCUT2D eigenvalue weighted by Gasteiger charge is -2.19. The Morgan fingerprint density at radius 3 is 2.23 bits per heavy atom. The van der Waals surface area contributed by atoms with Crippen molar-refractivity contribution in [1.82, 2.24) is 0 Å². The lowest BCUT2D eigenvalue weighted by Crippen LogP contribution is -2.31. The van der Waals surface area contributed by atoms with Gasteiger partial charge in [0.1, 0.15) is 12.7 Å². The lowest BCUT2D eigenvalue weighted by atomic mass is 9.96. The molecule has 6 nitrogen and oxygen atoms in total. The monoisotopic (exact) mass is 362 g/mol. The van der Waals surface area contributed by atoms with E-state index in [9.17, 15) is 14.4 Å². The van der Waals surface area contributed by atoms with Crippen LogP contribution in [0.25, 0.3) is 6.08 Å². The highest BCUT2D eigenvalue weighted by Gasteiger charge is 2.28. The van der Waals surface area contributed by atoms with Gasteiger partial charge in [-0.05, 0) is 18.1 Å². The van der Waals surface area contributed by atoms with Crippen molar-refractivity contribution in [3.05, 3.63) is 42.0 Å². The number of carbonyl (C=O) groups is 3. The molecule has 0 radical (unpaired) electrons. The van der Waals surface area contributed by atoms with E-state index >= 15 is 0 Å². The van der Waals surface area contributed by atoms with Crippen molar-refractivity contribution >= 4 is 24.0 Å². The maximum absolute atomic E-state index is 12.0. The van der Waals surface area contributed by atoms with Gasteiger partial charge < -0.3 is 14.2 Å². The predicted molar refractivity (Wildman–Crippen MR) is 97.0 cm³/mol. The zero-order valence-corrected chi connectivity index (χ0v) is 15.6. The topological polar surface area (TPSA) is 78.9 Å². The Bertz CT molecular complexity index is 622. The zero-order valence-electron chi connectivity index (χ0n) is 15.6. The van der Waals surface area contributed by atoms with Crippen LogP contribution in [-0.2, 0) is 28.6 Å². The van der Waals surface area contributed by atoms with Gasteiger partial charge in [0.2, 0.25) is 0 Å². The normalized spacial score (nSPS) is 14.3. The highest BCUT2D eigenvalue weighted by molar-refractivity contribution is 5.87. The standard InChI is InChI=1S/C20H26O6/c1-5-17(13-25-20(23)15(3)14(2)19(22)24-4)26-18(21)12-11-16-9-7-6-8-10-16/h6-12,14-15,17H,5,13H2,1-4H3/b12-11+. The first-order valence-electron chi connectivity index (χ1n) is 8.57. The number of esters is 3. The molecule has 3 atom stereocenters. The van der Waals surface area contributed by atoms with Gasteiger partial charge in [-0.2, -0.15) is 0 Å². The molecule has 0 heterocycles. The third kappa shape index (κ3) is 7.09. The van der Waals surface area contributed by atoms with Crippen LogP contribution >= 0.6 is 0 Å². The summed E-state index contributed by atoms with van der Waals surface area (Å²) < 4.78 is 15.1. The lowest BCUT2D eigenvalue weighted by molar-refractivity contribution is -0.163. The second-order valence-corrected chi connectivity index (χ2v) is 5.94. The van der Waals surface area contributed by atoms with Crippen molar-refractivity contribution in [2.45, 2.75) is 33.3 Å². The minimum absolute atomic E-state index is 0.0571. The number of rotatable bonds is 9. The summed E-state index contributed by atoms with van der Waals surface area (Å²) in [5, 5.41) is 0. The second kappa shape index (κ2) is 11.1. The molecule has 6 heteroatoms. The highest BCUT2D eigenvalue weighted by atomic mass is 16.6. The Kier molecular flexibility index (Phi) is 9.12. The Morgan fingerprint density at radius 2 is 1.65 bits per heavy atom. The van der Waals surface area contributed by atoms with Crippen LogP contribution in [0.15, 0.2) is 36.4 Å². The Hall–Kier alpha value is -2.63. The number of benzene rings is 1. The van der Waals surface area contributed by atoms with Gasteiger partial charge in [-0.1, -0.05) is 51.1 Å². The molecule has 1 rings (SSSR count). The summed E-state index contributed by atoms with van der Waals surface area (Å²) in [7, 11) is 1.27. The van der Waals surface area contributed by atoms with Crippen LogP contribution in [0, 0.1) is 11.8 Å². The molecule has 0 fully saturated rings. The molecule has 0 saturated carbocycles. The molecular weight excluding hydrogens is 336 g/mol. The van der Waals surface area contributed by atoms with Gasteiger partial charge in [0.05, 0.1) is 18.9 Å². The molecule has 26 heavy (non-hydrogen) atoms. The Labute approximate surface area is 154 Å². The van der Waals surface area contributed by atoms with E-state index in [1.165, 1.54) is 13.2 Å². The maximum atomic E-state index is 12.0. The summed E-state index contributed by atoms with van der Waals surface area (Å²) in [5.41, 5.74) is 0.884. The summed E-state index contributed by atoms with van der Waals surface area (Å²) in [4.78, 5) is 35.4. The molecule has 0 aliphatic rings. The third-order valence-electron chi connectivity index (χ3n) is 4.06. The number of carbonyl (C=O) groups excluding carboxylic acids is 3. The summed E-state index contributed by atoms with van der Waals surface area (Å²) in [6.07, 6.45) is 2.94. The van der Waals surface area contributed by atoms with Crippen LogP contribution in [0.2, 0.25) is 0 Å². The molecule has 1 aromatic carbocycles. The average molecular weight is 362 g/mol. The Morgan fingerprint density at radius 1 is 1.04 bits per heavy atom. The largest absolute Gasteiger partial charge is 0.469 e. The molecule has 0 aliphatic heterocycles. The van der Waals surface area contributed by atoms with E-state index in [-0.39, 0.29) is 6.61 Å². The first kappa shape index (κ1) is 21.4. The second-order valence-electron chi connectivity index (χ2n) is 5.94. The number of hydrogen-bond acceptors (Lipinski definition) is 6. The SMILES string of the molecule is CCC(COC(=O)C(C)C(C)C(=O)OC)OC(=O)/C=C/c1ccccc1. The predicted octanol–water partition coefficient (Wildman–Crippen LogP) is 3.01.